The third kappa shape index (κ3) is 2.19. The maximum atomic E-state index is 12.9. The largest absolute Gasteiger partial charge is 0.338 e. The molecule has 116 valence electrons. The van der Waals surface area contributed by atoms with E-state index in [0.717, 1.165) is 32.2 Å². The van der Waals surface area contributed by atoms with E-state index in [2.05, 4.69) is 16.0 Å². The third-order valence-electron chi connectivity index (χ3n) is 5.05. The molecule has 0 aliphatic carbocycles. The third-order valence-corrected chi connectivity index (χ3v) is 5.05. The average Bonchev–Trinajstić information content (AvgIpc) is 3.05. The number of carbonyl (C=O) groups is 3. The fourth-order valence-corrected chi connectivity index (χ4v) is 3.79. The zero-order chi connectivity index (χ0) is 15.1. The SMILES string of the molecule is CCC1(C(=O)N2CCCC3(C2)NC(=O)NC3=O)CCCN1. The molecule has 3 aliphatic heterocycles. The molecule has 1 spiro atoms. The Morgan fingerprint density at radius 1 is 1.29 bits per heavy atom. The van der Waals surface area contributed by atoms with Gasteiger partial charge < -0.3 is 15.5 Å². The highest BCUT2D eigenvalue weighted by molar-refractivity contribution is 6.07. The van der Waals surface area contributed by atoms with Gasteiger partial charge in [-0.3, -0.25) is 14.9 Å². The number of carbonyl (C=O) groups excluding carboxylic acids is 3. The van der Waals surface area contributed by atoms with Crippen LogP contribution in [0.15, 0.2) is 0 Å². The number of piperidine rings is 1. The van der Waals surface area contributed by atoms with Crippen molar-refractivity contribution in [1.82, 2.24) is 20.9 Å². The quantitative estimate of drug-likeness (QED) is 0.611. The first-order chi connectivity index (χ1) is 10.0. The fraction of sp³-hybridized carbons (Fsp3) is 0.786. The monoisotopic (exact) mass is 294 g/mol. The second-order valence-corrected chi connectivity index (χ2v) is 6.29. The highest BCUT2D eigenvalue weighted by Crippen LogP contribution is 2.30. The van der Waals surface area contributed by atoms with Crippen LogP contribution >= 0.6 is 0 Å². The summed E-state index contributed by atoms with van der Waals surface area (Å²) in [5.74, 6) is -0.245. The zero-order valence-electron chi connectivity index (χ0n) is 12.3. The van der Waals surface area contributed by atoms with Crippen molar-refractivity contribution in [2.24, 2.45) is 0 Å². The fourth-order valence-electron chi connectivity index (χ4n) is 3.79. The van der Waals surface area contributed by atoms with Crippen LogP contribution in [-0.4, -0.2) is 53.5 Å². The molecule has 3 heterocycles. The molecule has 4 amide bonds. The van der Waals surface area contributed by atoms with Gasteiger partial charge >= 0.3 is 6.03 Å². The van der Waals surface area contributed by atoms with E-state index in [9.17, 15) is 14.4 Å². The molecule has 2 atom stereocenters. The van der Waals surface area contributed by atoms with Crippen LogP contribution in [0.3, 0.4) is 0 Å². The number of amides is 4. The van der Waals surface area contributed by atoms with Gasteiger partial charge in [-0.2, -0.15) is 0 Å². The number of rotatable bonds is 2. The number of nitrogens with one attached hydrogen (secondary N) is 3. The first kappa shape index (κ1) is 14.3. The molecular formula is C14H22N4O3. The molecule has 3 fully saturated rings. The summed E-state index contributed by atoms with van der Waals surface area (Å²) in [6, 6.07) is -0.460. The summed E-state index contributed by atoms with van der Waals surface area (Å²) >= 11 is 0. The van der Waals surface area contributed by atoms with Crippen molar-refractivity contribution in [3.63, 3.8) is 0 Å². The molecule has 3 aliphatic rings. The van der Waals surface area contributed by atoms with Crippen LogP contribution in [0.2, 0.25) is 0 Å². The van der Waals surface area contributed by atoms with Crippen LogP contribution in [0.1, 0.15) is 39.0 Å². The topological polar surface area (TPSA) is 90.5 Å². The molecule has 7 nitrogen and oxygen atoms in total. The number of imide groups is 1. The summed E-state index contributed by atoms with van der Waals surface area (Å²) in [7, 11) is 0. The lowest BCUT2D eigenvalue weighted by Crippen LogP contribution is -2.64. The van der Waals surface area contributed by atoms with Crippen LogP contribution in [0.25, 0.3) is 0 Å². The van der Waals surface area contributed by atoms with E-state index in [4.69, 9.17) is 0 Å². The van der Waals surface area contributed by atoms with E-state index in [0.29, 0.717) is 13.0 Å². The predicted octanol–water partition coefficient (Wildman–Crippen LogP) is -0.281. The summed E-state index contributed by atoms with van der Waals surface area (Å²) in [6.45, 7) is 3.79. The first-order valence-electron chi connectivity index (χ1n) is 7.69. The van der Waals surface area contributed by atoms with E-state index < -0.39 is 17.1 Å². The van der Waals surface area contributed by atoms with E-state index in [1.54, 1.807) is 4.90 Å². The van der Waals surface area contributed by atoms with Crippen LogP contribution in [0, 0.1) is 0 Å². The van der Waals surface area contributed by atoms with Gasteiger partial charge in [0.1, 0.15) is 5.54 Å². The Balaban J connectivity index is 1.79. The zero-order valence-corrected chi connectivity index (χ0v) is 12.3. The Labute approximate surface area is 123 Å². The number of likely N-dealkylation sites (tertiary alicyclic amines) is 1. The smallest absolute Gasteiger partial charge is 0.322 e. The summed E-state index contributed by atoms with van der Waals surface area (Å²) in [6.07, 6.45) is 3.88. The maximum absolute atomic E-state index is 12.9. The molecule has 21 heavy (non-hydrogen) atoms. The van der Waals surface area contributed by atoms with E-state index >= 15 is 0 Å². The summed E-state index contributed by atoms with van der Waals surface area (Å²) in [4.78, 5) is 38.1. The second-order valence-electron chi connectivity index (χ2n) is 6.29. The minimum absolute atomic E-state index is 0.0653. The predicted molar refractivity (Wildman–Crippen MR) is 75.5 cm³/mol. The molecule has 0 aromatic carbocycles. The molecule has 0 aromatic rings. The van der Waals surface area contributed by atoms with Crippen molar-refractivity contribution in [1.29, 1.82) is 0 Å². The standard InChI is InChI=1S/C14H22N4O3/c1-2-13(5-3-7-15-13)11(20)18-8-4-6-14(9-18)10(19)16-12(21)17-14/h15H,2-9H2,1H3,(H2,16,17,19,21). The number of hydrogen-bond donors (Lipinski definition) is 3. The van der Waals surface area contributed by atoms with E-state index in [-0.39, 0.29) is 18.4 Å². The molecule has 3 N–H and O–H groups in total. The highest BCUT2D eigenvalue weighted by Gasteiger charge is 2.51. The number of hydrogen-bond acceptors (Lipinski definition) is 4. The Morgan fingerprint density at radius 2 is 2.10 bits per heavy atom. The van der Waals surface area contributed by atoms with Crippen molar-refractivity contribution in [2.45, 2.75) is 50.1 Å². The lowest BCUT2D eigenvalue weighted by molar-refractivity contribution is -0.142. The number of urea groups is 1. The van der Waals surface area contributed by atoms with Gasteiger partial charge in [-0.15, -0.1) is 0 Å². The van der Waals surface area contributed by atoms with Gasteiger partial charge in [0.25, 0.3) is 5.91 Å². The Bertz CT molecular complexity index is 487. The van der Waals surface area contributed by atoms with Gasteiger partial charge in [0, 0.05) is 6.54 Å². The van der Waals surface area contributed by atoms with Gasteiger partial charge in [-0.25, -0.2) is 4.79 Å². The lowest BCUT2D eigenvalue weighted by Gasteiger charge is -2.42. The van der Waals surface area contributed by atoms with Crippen LogP contribution in [0.5, 0.6) is 0 Å². The van der Waals surface area contributed by atoms with Crippen molar-refractivity contribution < 1.29 is 14.4 Å². The molecule has 0 saturated carbocycles. The molecule has 2 unspecified atom stereocenters. The molecule has 7 heteroatoms. The Hall–Kier alpha value is -1.63. The van der Waals surface area contributed by atoms with Crippen molar-refractivity contribution in [2.75, 3.05) is 19.6 Å². The van der Waals surface area contributed by atoms with E-state index in [1.807, 2.05) is 6.92 Å². The molecule has 3 saturated heterocycles. The Morgan fingerprint density at radius 3 is 2.67 bits per heavy atom. The van der Waals surface area contributed by atoms with Crippen molar-refractivity contribution in [3.8, 4) is 0 Å². The number of nitrogens with zero attached hydrogens (tertiary/aromatic N) is 1. The normalized spacial score (nSPS) is 36.0. The average molecular weight is 294 g/mol. The molecule has 0 bridgehead atoms. The summed E-state index contributed by atoms with van der Waals surface area (Å²) < 4.78 is 0. The molecule has 0 aromatic heterocycles. The minimum Gasteiger partial charge on any atom is -0.338 e. The Kier molecular flexibility index (Phi) is 3.39. The van der Waals surface area contributed by atoms with E-state index in [1.165, 1.54) is 0 Å². The molecule has 3 rings (SSSR count). The summed E-state index contributed by atoms with van der Waals surface area (Å²) in [5, 5.41) is 8.34. The van der Waals surface area contributed by atoms with Gasteiger partial charge in [0.15, 0.2) is 0 Å². The maximum Gasteiger partial charge on any atom is 0.322 e. The van der Waals surface area contributed by atoms with Gasteiger partial charge in [-0.05, 0) is 38.6 Å². The molecular weight excluding hydrogens is 272 g/mol. The molecule has 0 radical (unpaired) electrons. The second kappa shape index (κ2) is 4.98. The van der Waals surface area contributed by atoms with Crippen molar-refractivity contribution >= 4 is 17.8 Å². The van der Waals surface area contributed by atoms with Gasteiger partial charge in [0.05, 0.1) is 12.1 Å². The van der Waals surface area contributed by atoms with Crippen LogP contribution in [0.4, 0.5) is 4.79 Å². The lowest BCUT2D eigenvalue weighted by atomic mass is 9.86. The first-order valence-corrected chi connectivity index (χ1v) is 7.69. The van der Waals surface area contributed by atoms with Crippen LogP contribution < -0.4 is 16.0 Å². The summed E-state index contributed by atoms with van der Waals surface area (Å²) in [5.41, 5.74) is -1.42. The van der Waals surface area contributed by atoms with Crippen LogP contribution in [-0.2, 0) is 9.59 Å². The van der Waals surface area contributed by atoms with Gasteiger partial charge in [0.2, 0.25) is 5.91 Å². The minimum atomic E-state index is -0.932. The van der Waals surface area contributed by atoms with Gasteiger partial charge in [-0.1, -0.05) is 6.92 Å². The van der Waals surface area contributed by atoms with Crippen molar-refractivity contribution in [3.05, 3.63) is 0 Å². The highest BCUT2D eigenvalue weighted by atomic mass is 16.2.